The van der Waals surface area contributed by atoms with Gasteiger partial charge in [-0.15, -0.1) is 0 Å². The lowest BCUT2D eigenvalue weighted by molar-refractivity contribution is 0.199. The van der Waals surface area contributed by atoms with Gasteiger partial charge >= 0.3 is 6.01 Å². The third kappa shape index (κ3) is 6.63. The first-order valence-corrected chi connectivity index (χ1v) is 10.4. The number of aromatic nitrogens is 2. The first-order chi connectivity index (χ1) is 15.6. The molecule has 0 fully saturated rings. The van der Waals surface area contributed by atoms with Gasteiger partial charge in [-0.3, -0.25) is 0 Å². The number of nitrogens with zero attached hydrogens (tertiary/aromatic N) is 2. The zero-order valence-corrected chi connectivity index (χ0v) is 18.7. The predicted molar refractivity (Wildman–Crippen MR) is 123 cm³/mol. The van der Waals surface area contributed by atoms with E-state index in [0.717, 1.165) is 17.7 Å². The number of methoxy groups -OCH3 is 3. The summed E-state index contributed by atoms with van der Waals surface area (Å²) in [6.45, 7) is 2.29. The van der Waals surface area contributed by atoms with Gasteiger partial charge in [-0.05, 0) is 42.3 Å². The van der Waals surface area contributed by atoms with Crippen LogP contribution in [0.4, 0.5) is 10.2 Å². The first kappa shape index (κ1) is 23.4. The second kappa shape index (κ2) is 12.0. The minimum absolute atomic E-state index is 0.249. The maximum atomic E-state index is 14.2. The van der Waals surface area contributed by atoms with E-state index in [1.807, 2.05) is 30.3 Å². The Labute approximate surface area is 188 Å². The van der Waals surface area contributed by atoms with Crippen LogP contribution in [0.15, 0.2) is 48.5 Å². The predicted octanol–water partition coefficient (Wildman–Crippen LogP) is 3.69. The average molecular weight is 441 g/mol. The smallest absolute Gasteiger partial charge is 0.318 e. The molecule has 0 saturated heterocycles. The van der Waals surface area contributed by atoms with Crippen molar-refractivity contribution in [1.82, 2.24) is 15.3 Å². The molecule has 0 aliphatic heterocycles. The molecule has 0 atom stereocenters. The van der Waals surface area contributed by atoms with E-state index in [-0.39, 0.29) is 11.8 Å². The largest absolute Gasteiger partial charge is 0.497 e. The molecule has 3 aromatic rings. The summed E-state index contributed by atoms with van der Waals surface area (Å²) in [4.78, 5) is 8.82. The van der Waals surface area contributed by atoms with Crippen LogP contribution in [-0.4, -0.2) is 51.0 Å². The summed E-state index contributed by atoms with van der Waals surface area (Å²) < 4.78 is 29.7. The summed E-state index contributed by atoms with van der Waals surface area (Å²) in [5.74, 6) is 1.21. The zero-order chi connectivity index (χ0) is 22.8. The van der Waals surface area contributed by atoms with E-state index in [1.54, 1.807) is 26.4 Å². The van der Waals surface area contributed by atoms with Crippen LogP contribution in [0.25, 0.3) is 11.3 Å². The first-order valence-electron chi connectivity index (χ1n) is 10.4. The van der Waals surface area contributed by atoms with Crippen molar-refractivity contribution >= 4 is 5.82 Å². The molecule has 0 saturated carbocycles. The zero-order valence-electron chi connectivity index (χ0n) is 18.7. The quantitative estimate of drug-likeness (QED) is 0.416. The fraction of sp³-hybridized carbons (Fsp3) is 0.333. The number of benzene rings is 2. The molecule has 2 aromatic carbocycles. The van der Waals surface area contributed by atoms with Gasteiger partial charge in [0.1, 0.15) is 17.4 Å². The van der Waals surface area contributed by atoms with Gasteiger partial charge in [0.25, 0.3) is 0 Å². The standard InChI is InChI=1S/C24H29FN4O3/c1-30-13-12-26-16-19-14-18(6-9-21(19)25)22-15-23(29-24(28-22)32-3)27-11-10-17-4-7-20(31-2)8-5-17/h4-9,14-15,26H,10-13,16H2,1-3H3,(H,27,28,29). The van der Waals surface area contributed by atoms with Crippen LogP contribution >= 0.6 is 0 Å². The second-order valence-electron chi connectivity index (χ2n) is 7.13. The van der Waals surface area contributed by atoms with Gasteiger partial charge in [0.05, 0.1) is 26.5 Å². The Morgan fingerprint density at radius 3 is 2.44 bits per heavy atom. The number of hydrogen-bond donors (Lipinski definition) is 2. The molecule has 1 aromatic heterocycles. The molecule has 0 radical (unpaired) electrons. The van der Waals surface area contributed by atoms with Crippen molar-refractivity contribution in [3.8, 4) is 23.0 Å². The maximum Gasteiger partial charge on any atom is 0.318 e. The van der Waals surface area contributed by atoms with Crippen LogP contribution in [0.2, 0.25) is 0 Å². The van der Waals surface area contributed by atoms with Crippen LogP contribution in [0.3, 0.4) is 0 Å². The van der Waals surface area contributed by atoms with Crippen molar-refractivity contribution in [2.45, 2.75) is 13.0 Å². The van der Waals surface area contributed by atoms with E-state index >= 15 is 0 Å². The molecule has 3 rings (SSSR count). The normalized spacial score (nSPS) is 10.8. The molecule has 0 aliphatic rings. The third-order valence-electron chi connectivity index (χ3n) is 4.91. The summed E-state index contributed by atoms with van der Waals surface area (Å²) in [5.41, 5.74) is 3.18. The molecule has 32 heavy (non-hydrogen) atoms. The molecular weight excluding hydrogens is 411 g/mol. The molecule has 0 spiro atoms. The van der Waals surface area contributed by atoms with E-state index in [0.29, 0.717) is 43.3 Å². The number of rotatable bonds is 12. The van der Waals surface area contributed by atoms with Crippen LogP contribution in [0.1, 0.15) is 11.1 Å². The molecule has 1 heterocycles. The molecule has 0 aliphatic carbocycles. The van der Waals surface area contributed by atoms with Gasteiger partial charge < -0.3 is 24.8 Å². The van der Waals surface area contributed by atoms with E-state index in [9.17, 15) is 4.39 Å². The third-order valence-corrected chi connectivity index (χ3v) is 4.91. The highest BCUT2D eigenvalue weighted by Gasteiger charge is 2.10. The molecule has 8 heteroatoms. The molecule has 7 nitrogen and oxygen atoms in total. The molecule has 0 bridgehead atoms. The Bertz CT molecular complexity index is 999. The second-order valence-corrected chi connectivity index (χ2v) is 7.13. The summed E-state index contributed by atoms with van der Waals surface area (Å²) in [6, 6.07) is 15.0. The average Bonchev–Trinajstić information content (AvgIpc) is 2.83. The van der Waals surface area contributed by atoms with Gasteiger partial charge in [-0.1, -0.05) is 12.1 Å². The van der Waals surface area contributed by atoms with Gasteiger partial charge in [0.15, 0.2) is 0 Å². The Balaban J connectivity index is 1.71. The number of nitrogens with one attached hydrogen (secondary N) is 2. The molecular formula is C24H29FN4O3. The minimum Gasteiger partial charge on any atom is -0.497 e. The van der Waals surface area contributed by atoms with Crippen LogP contribution in [-0.2, 0) is 17.7 Å². The van der Waals surface area contributed by atoms with Gasteiger partial charge in [0.2, 0.25) is 0 Å². The Morgan fingerprint density at radius 1 is 0.906 bits per heavy atom. The maximum absolute atomic E-state index is 14.2. The van der Waals surface area contributed by atoms with Crippen molar-refractivity contribution in [3.63, 3.8) is 0 Å². The molecule has 0 amide bonds. The van der Waals surface area contributed by atoms with Crippen LogP contribution in [0.5, 0.6) is 11.8 Å². The molecule has 170 valence electrons. The van der Waals surface area contributed by atoms with E-state index in [1.165, 1.54) is 18.7 Å². The SMILES string of the molecule is COCCNCc1cc(-c2cc(NCCc3ccc(OC)cc3)nc(OC)n2)ccc1F. The lowest BCUT2D eigenvalue weighted by atomic mass is 10.1. The summed E-state index contributed by atoms with van der Waals surface area (Å²) in [7, 11) is 4.81. The van der Waals surface area contributed by atoms with Crippen molar-refractivity contribution in [3.05, 3.63) is 65.5 Å². The minimum atomic E-state index is -0.266. The van der Waals surface area contributed by atoms with Gasteiger partial charge in [-0.2, -0.15) is 9.97 Å². The highest BCUT2D eigenvalue weighted by Crippen LogP contribution is 2.24. The Morgan fingerprint density at radius 2 is 1.72 bits per heavy atom. The van der Waals surface area contributed by atoms with Crippen LogP contribution in [0, 0.1) is 5.82 Å². The number of hydrogen-bond acceptors (Lipinski definition) is 7. The Hall–Kier alpha value is -3.23. The topological polar surface area (TPSA) is 77.5 Å². The summed E-state index contributed by atoms with van der Waals surface area (Å²) in [6.07, 6.45) is 0.819. The van der Waals surface area contributed by atoms with Crippen molar-refractivity contribution in [1.29, 1.82) is 0 Å². The van der Waals surface area contributed by atoms with E-state index in [2.05, 4.69) is 20.6 Å². The number of halogens is 1. The lowest BCUT2D eigenvalue weighted by Crippen LogP contribution is -2.19. The highest BCUT2D eigenvalue weighted by atomic mass is 19.1. The number of anilines is 1. The highest BCUT2D eigenvalue weighted by molar-refractivity contribution is 5.64. The summed E-state index contributed by atoms with van der Waals surface area (Å²) >= 11 is 0. The summed E-state index contributed by atoms with van der Waals surface area (Å²) in [5, 5.41) is 6.48. The van der Waals surface area contributed by atoms with Gasteiger partial charge in [-0.25, -0.2) is 4.39 Å². The molecule has 0 unspecified atom stereocenters. The van der Waals surface area contributed by atoms with Crippen molar-refractivity contribution in [2.75, 3.05) is 46.3 Å². The Kier molecular flexibility index (Phi) is 8.77. The monoisotopic (exact) mass is 440 g/mol. The molecule has 2 N–H and O–H groups in total. The van der Waals surface area contributed by atoms with Crippen molar-refractivity contribution < 1.29 is 18.6 Å². The van der Waals surface area contributed by atoms with Gasteiger partial charge in [0, 0.05) is 43.9 Å². The fourth-order valence-electron chi connectivity index (χ4n) is 3.15. The van der Waals surface area contributed by atoms with Crippen LogP contribution < -0.4 is 20.1 Å². The fourth-order valence-corrected chi connectivity index (χ4v) is 3.15. The lowest BCUT2D eigenvalue weighted by Gasteiger charge is -2.11. The number of ether oxygens (including phenoxy) is 3. The van der Waals surface area contributed by atoms with E-state index in [4.69, 9.17) is 14.2 Å². The van der Waals surface area contributed by atoms with E-state index < -0.39 is 0 Å². The van der Waals surface area contributed by atoms with Crippen molar-refractivity contribution in [2.24, 2.45) is 0 Å².